The molecule has 8 heteroatoms. The zero-order valence-corrected chi connectivity index (χ0v) is 15.9. The van der Waals surface area contributed by atoms with Crippen molar-refractivity contribution >= 4 is 11.7 Å². The summed E-state index contributed by atoms with van der Waals surface area (Å²) in [5.74, 6) is 0.938. The zero-order valence-electron chi connectivity index (χ0n) is 15.9. The normalized spacial score (nSPS) is 12.1. The highest BCUT2D eigenvalue weighted by Crippen LogP contribution is 2.22. The molecule has 3 aromatic rings. The first kappa shape index (κ1) is 18.6. The SMILES string of the molecule is CCOc1ccc([C@H](C)N(C)C(=O)Cc2c(C)nc3nc[nH]n3c2=O)cc1. The van der Waals surface area contributed by atoms with Crippen LogP contribution in [0.15, 0.2) is 35.4 Å². The molecule has 1 aromatic carbocycles. The molecule has 0 aliphatic rings. The molecule has 0 saturated heterocycles. The first-order valence-electron chi connectivity index (χ1n) is 8.82. The fourth-order valence-electron chi connectivity index (χ4n) is 2.92. The number of fused-ring (bicyclic) bond motifs is 1. The van der Waals surface area contributed by atoms with Gasteiger partial charge in [0.15, 0.2) is 0 Å². The lowest BCUT2D eigenvalue weighted by Gasteiger charge is -2.25. The number of benzene rings is 1. The molecule has 0 bridgehead atoms. The number of nitrogens with zero attached hydrogens (tertiary/aromatic N) is 4. The summed E-state index contributed by atoms with van der Waals surface area (Å²) in [5.41, 5.74) is 1.57. The van der Waals surface area contributed by atoms with E-state index in [1.54, 1.807) is 18.9 Å². The summed E-state index contributed by atoms with van der Waals surface area (Å²) in [7, 11) is 1.73. The molecule has 0 fully saturated rings. The average Bonchev–Trinajstić information content (AvgIpc) is 3.13. The molecule has 0 aliphatic carbocycles. The molecule has 142 valence electrons. The third-order valence-corrected chi connectivity index (χ3v) is 4.71. The van der Waals surface area contributed by atoms with Gasteiger partial charge in [-0.15, -0.1) is 0 Å². The Balaban J connectivity index is 1.78. The van der Waals surface area contributed by atoms with Gasteiger partial charge in [0.1, 0.15) is 12.1 Å². The molecule has 0 aliphatic heterocycles. The maximum Gasteiger partial charge on any atom is 0.277 e. The lowest BCUT2D eigenvalue weighted by Crippen LogP contribution is -2.33. The monoisotopic (exact) mass is 369 g/mol. The quantitative estimate of drug-likeness (QED) is 0.716. The predicted octanol–water partition coefficient (Wildman–Crippen LogP) is 1.89. The highest BCUT2D eigenvalue weighted by Gasteiger charge is 2.21. The van der Waals surface area contributed by atoms with Crippen LogP contribution in [-0.2, 0) is 11.2 Å². The Bertz CT molecular complexity index is 1010. The Morgan fingerprint density at radius 3 is 2.70 bits per heavy atom. The average molecular weight is 369 g/mol. The topological polar surface area (TPSA) is 92.6 Å². The molecule has 0 radical (unpaired) electrons. The fourth-order valence-corrected chi connectivity index (χ4v) is 2.92. The summed E-state index contributed by atoms with van der Waals surface area (Å²) >= 11 is 0. The van der Waals surface area contributed by atoms with E-state index >= 15 is 0 Å². The van der Waals surface area contributed by atoms with E-state index in [2.05, 4.69) is 15.1 Å². The highest BCUT2D eigenvalue weighted by molar-refractivity contribution is 5.79. The number of hydrogen-bond acceptors (Lipinski definition) is 5. The highest BCUT2D eigenvalue weighted by atomic mass is 16.5. The first-order valence-corrected chi connectivity index (χ1v) is 8.82. The standard InChI is InChI=1S/C19H23N5O3/c1-5-27-15-8-6-14(7-9-15)13(3)23(4)17(25)10-16-12(2)22-19-20-11-21-24(19)18(16)26/h6-9,11,13H,5,10H2,1-4H3,(H,20,21,22)/t13-/m0/s1. The van der Waals surface area contributed by atoms with E-state index in [-0.39, 0.29) is 23.9 Å². The van der Waals surface area contributed by atoms with Crippen LogP contribution in [0, 0.1) is 6.92 Å². The van der Waals surface area contributed by atoms with Gasteiger partial charge in [0.25, 0.3) is 11.3 Å². The largest absolute Gasteiger partial charge is 0.494 e. The van der Waals surface area contributed by atoms with E-state index in [0.29, 0.717) is 23.6 Å². The van der Waals surface area contributed by atoms with Crippen molar-refractivity contribution in [3.8, 4) is 5.75 Å². The number of aryl methyl sites for hydroxylation is 1. The van der Waals surface area contributed by atoms with Gasteiger partial charge in [0.2, 0.25) is 5.91 Å². The fraction of sp³-hybridized carbons (Fsp3) is 0.368. The Hall–Kier alpha value is -3.16. The summed E-state index contributed by atoms with van der Waals surface area (Å²) in [6.45, 7) is 6.21. The van der Waals surface area contributed by atoms with Crippen LogP contribution in [0.1, 0.15) is 36.7 Å². The summed E-state index contributed by atoms with van der Waals surface area (Å²) < 4.78 is 6.69. The number of likely N-dealkylation sites (N-methyl/N-ethyl adjacent to an activating group) is 1. The van der Waals surface area contributed by atoms with E-state index < -0.39 is 0 Å². The molecule has 0 spiro atoms. The minimum atomic E-state index is -0.300. The van der Waals surface area contributed by atoms with Crippen molar-refractivity contribution in [2.24, 2.45) is 0 Å². The van der Waals surface area contributed by atoms with Gasteiger partial charge in [-0.05, 0) is 38.5 Å². The van der Waals surface area contributed by atoms with Crippen LogP contribution in [0.4, 0.5) is 0 Å². The van der Waals surface area contributed by atoms with Gasteiger partial charge < -0.3 is 9.64 Å². The van der Waals surface area contributed by atoms with Gasteiger partial charge in [-0.3, -0.25) is 14.7 Å². The molecule has 1 atom stereocenters. The molecule has 1 N–H and O–H groups in total. The number of H-pyrrole nitrogens is 1. The molecular formula is C19H23N5O3. The van der Waals surface area contributed by atoms with Crippen LogP contribution in [-0.4, -0.2) is 44.0 Å². The van der Waals surface area contributed by atoms with Crippen molar-refractivity contribution in [1.29, 1.82) is 0 Å². The molecule has 2 aromatic heterocycles. The van der Waals surface area contributed by atoms with Gasteiger partial charge in [-0.25, -0.2) is 9.97 Å². The second-order valence-electron chi connectivity index (χ2n) is 6.36. The van der Waals surface area contributed by atoms with E-state index in [0.717, 1.165) is 11.3 Å². The van der Waals surface area contributed by atoms with Crippen LogP contribution >= 0.6 is 0 Å². The Morgan fingerprint density at radius 1 is 1.33 bits per heavy atom. The van der Waals surface area contributed by atoms with Crippen LogP contribution < -0.4 is 10.3 Å². The summed E-state index contributed by atoms with van der Waals surface area (Å²) in [4.78, 5) is 35.2. The smallest absolute Gasteiger partial charge is 0.277 e. The Labute approximate surface area is 156 Å². The lowest BCUT2D eigenvalue weighted by atomic mass is 10.1. The maximum atomic E-state index is 12.8. The van der Waals surface area contributed by atoms with Gasteiger partial charge in [-0.2, -0.15) is 4.52 Å². The number of aromatic nitrogens is 4. The number of aromatic amines is 1. The number of carbonyl (C=O) groups is 1. The molecule has 1 amide bonds. The van der Waals surface area contributed by atoms with E-state index in [1.165, 1.54) is 10.8 Å². The van der Waals surface area contributed by atoms with Crippen molar-refractivity contribution in [3.63, 3.8) is 0 Å². The zero-order chi connectivity index (χ0) is 19.6. The van der Waals surface area contributed by atoms with Crippen LogP contribution in [0.2, 0.25) is 0 Å². The summed E-state index contributed by atoms with van der Waals surface area (Å²) in [5, 5.41) is 2.72. The second-order valence-corrected chi connectivity index (χ2v) is 6.36. The third-order valence-electron chi connectivity index (χ3n) is 4.71. The number of amides is 1. The predicted molar refractivity (Wildman–Crippen MR) is 101 cm³/mol. The molecule has 27 heavy (non-hydrogen) atoms. The van der Waals surface area contributed by atoms with E-state index in [4.69, 9.17) is 4.74 Å². The van der Waals surface area contributed by atoms with Crippen LogP contribution in [0.3, 0.4) is 0 Å². The van der Waals surface area contributed by atoms with Crippen molar-refractivity contribution in [3.05, 3.63) is 57.8 Å². The van der Waals surface area contributed by atoms with Gasteiger partial charge in [0.05, 0.1) is 30.3 Å². The van der Waals surface area contributed by atoms with Crippen molar-refractivity contribution in [2.75, 3.05) is 13.7 Å². The maximum absolute atomic E-state index is 12.8. The molecule has 3 rings (SSSR count). The van der Waals surface area contributed by atoms with E-state index in [9.17, 15) is 9.59 Å². The van der Waals surface area contributed by atoms with Crippen LogP contribution in [0.25, 0.3) is 5.78 Å². The van der Waals surface area contributed by atoms with E-state index in [1.807, 2.05) is 38.1 Å². The number of rotatable bonds is 6. The molecule has 0 unspecified atom stereocenters. The summed E-state index contributed by atoms with van der Waals surface area (Å²) in [6, 6.07) is 7.52. The van der Waals surface area contributed by atoms with Crippen molar-refractivity contribution in [2.45, 2.75) is 33.2 Å². The number of hydrogen-bond donors (Lipinski definition) is 1. The molecular weight excluding hydrogens is 346 g/mol. The van der Waals surface area contributed by atoms with Crippen molar-refractivity contribution < 1.29 is 9.53 Å². The van der Waals surface area contributed by atoms with Crippen molar-refractivity contribution in [1.82, 2.24) is 24.5 Å². The second kappa shape index (κ2) is 7.61. The molecule has 0 saturated carbocycles. The van der Waals surface area contributed by atoms with Gasteiger partial charge >= 0.3 is 0 Å². The van der Waals surface area contributed by atoms with Crippen LogP contribution in [0.5, 0.6) is 5.75 Å². The first-order chi connectivity index (χ1) is 12.9. The number of nitrogens with one attached hydrogen (secondary N) is 1. The Morgan fingerprint density at radius 2 is 2.04 bits per heavy atom. The summed E-state index contributed by atoms with van der Waals surface area (Å²) in [6.07, 6.45) is 1.38. The number of carbonyl (C=O) groups excluding carboxylic acids is 1. The Kier molecular flexibility index (Phi) is 5.25. The minimum absolute atomic E-state index is 0.0164. The third kappa shape index (κ3) is 3.69. The number of ether oxygens (including phenoxy) is 1. The minimum Gasteiger partial charge on any atom is -0.494 e. The molecule has 8 nitrogen and oxygen atoms in total. The molecule has 2 heterocycles. The lowest BCUT2D eigenvalue weighted by molar-refractivity contribution is -0.131. The van der Waals surface area contributed by atoms with Gasteiger partial charge in [-0.1, -0.05) is 12.1 Å². The van der Waals surface area contributed by atoms with Gasteiger partial charge in [0, 0.05) is 7.05 Å².